The maximum Gasteiger partial charge on any atom is 0.397 e. The lowest BCUT2D eigenvalue weighted by molar-refractivity contribution is -0.385. The second-order valence-electron chi connectivity index (χ2n) is 7.20. The molecule has 2 heterocycles. The van der Waals surface area contributed by atoms with E-state index in [-0.39, 0.29) is 6.47 Å². The van der Waals surface area contributed by atoms with Gasteiger partial charge < -0.3 is 47.4 Å². The summed E-state index contributed by atoms with van der Waals surface area (Å²) in [6, 6.07) is 0. The molecule has 2 aliphatic rings. The molecule has 0 amide bonds. The molecule has 4 unspecified atom stereocenters. The van der Waals surface area contributed by atoms with Crippen molar-refractivity contribution in [3.05, 3.63) is 0 Å². The molecule has 0 aromatic rings. The first-order valence-corrected chi connectivity index (χ1v) is 11.4. The molecule has 0 radical (unpaired) electrons. The van der Waals surface area contributed by atoms with Crippen LogP contribution in [-0.4, -0.2) is 130 Å². The molecular formula is C18H32O15S. The highest BCUT2D eigenvalue weighted by Crippen LogP contribution is 2.34. The molecule has 2 saturated heterocycles. The summed E-state index contributed by atoms with van der Waals surface area (Å²) in [4.78, 5) is 11.1. The monoisotopic (exact) mass is 520 g/mol. The van der Waals surface area contributed by atoms with Crippen LogP contribution in [0.2, 0.25) is 0 Å². The molecule has 2 rings (SSSR count). The van der Waals surface area contributed by atoms with Gasteiger partial charge in [-0.2, -0.15) is 8.42 Å². The number of hydrogen-bond acceptors (Lipinski definition) is 14. The summed E-state index contributed by atoms with van der Waals surface area (Å²) in [6.45, 7) is -0.451. The van der Waals surface area contributed by atoms with Crippen molar-refractivity contribution in [2.75, 3.05) is 49.3 Å². The largest absolute Gasteiger partial charge is 0.435 e. The first-order valence-electron chi connectivity index (χ1n) is 10.0. The zero-order valence-corrected chi connectivity index (χ0v) is 20.4. The van der Waals surface area contributed by atoms with Crippen molar-refractivity contribution in [3.63, 3.8) is 0 Å². The van der Waals surface area contributed by atoms with E-state index in [0.717, 1.165) is 0 Å². The maximum absolute atomic E-state index is 11.1. The van der Waals surface area contributed by atoms with Crippen LogP contribution in [0, 0.1) is 0 Å². The van der Waals surface area contributed by atoms with E-state index in [1.54, 1.807) is 0 Å². The van der Waals surface area contributed by atoms with Crippen LogP contribution in [0.4, 0.5) is 0 Å². The molecule has 0 aromatic carbocycles. The van der Waals surface area contributed by atoms with E-state index < -0.39 is 78.6 Å². The third-order valence-corrected chi connectivity index (χ3v) is 5.93. The topological polar surface area (TPSA) is 173 Å². The SMILES string of the molecule is COC1C(OC)[C@H](O[C@H]2O[C@@H](COS(=O)(=O)O)[C@@H](OC)C(OC)C2OC)[C@H](OC=O)O[C@H]1OC. The van der Waals surface area contributed by atoms with E-state index in [1.165, 1.54) is 42.7 Å². The predicted molar refractivity (Wildman–Crippen MR) is 108 cm³/mol. The highest BCUT2D eigenvalue weighted by atomic mass is 32.3. The third kappa shape index (κ3) is 6.80. The Morgan fingerprint density at radius 2 is 1.24 bits per heavy atom. The van der Waals surface area contributed by atoms with Gasteiger partial charge in [0.25, 0.3) is 6.47 Å². The fraction of sp³-hybridized carbons (Fsp3) is 0.944. The molecule has 0 spiro atoms. The van der Waals surface area contributed by atoms with Gasteiger partial charge in [0, 0.05) is 42.7 Å². The smallest absolute Gasteiger partial charge is 0.397 e. The van der Waals surface area contributed by atoms with Crippen LogP contribution in [0.3, 0.4) is 0 Å². The quantitative estimate of drug-likeness (QED) is 0.219. The Morgan fingerprint density at radius 3 is 1.71 bits per heavy atom. The van der Waals surface area contributed by atoms with Crippen LogP contribution in [0.5, 0.6) is 0 Å². The zero-order valence-electron chi connectivity index (χ0n) is 19.6. The molecule has 10 atom stereocenters. The summed E-state index contributed by atoms with van der Waals surface area (Å²) >= 11 is 0. The van der Waals surface area contributed by atoms with Gasteiger partial charge >= 0.3 is 10.4 Å². The molecule has 0 saturated carbocycles. The lowest BCUT2D eigenvalue weighted by atomic mass is 9.97. The normalized spacial score (nSPS) is 39.0. The van der Waals surface area contributed by atoms with Gasteiger partial charge in [-0.3, -0.25) is 9.35 Å². The minimum atomic E-state index is -4.77. The predicted octanol–water partition coefficient (Wildman–Crippen LogP) is -1.51. The van der Waals surface area contributed by atoms with E-state index in [9.17, 15) is 13.2 Å². The molecule has 2 fully saturated rings. The molecule has 16 heteroatoms. The Labute approximate surface area is 197 Å². The minimum Gasteiger partial charge on any atom is -0.435 e. The minimum absolute atomic E-state index is 0.171. The Hall–Kier alpha value is -1.02. The second-order valence-corrected chi connectivity index (χ2v) is 8.29. The van der Waals surface area contributed by atoms with E-state index in [1.807, 2.05) is 0 Å². The van der Waals surface area contributed by atoms with Gasteiger partial charge in [0.1, 0.15) is 36.6 Å². The van der Waals surface area contributed by atoms with Crippen molar-refractivity contribution in [2.45, 2.75) is 61.6 Å². The number of methoxy groups -OCH3 is 6. The van der Waals surface area contributed by atoms with E-state index in [0.29, 0.717) is 0 Å². The first-order chi connectivity index (χ1) is 16.2. The molecule has 200 valence electrons. The molecule has 0 bridgehead atoms. The van der Waals surface area contributed by atoms with Crippen LogP contribution in [-0.2, 0) is 66.7 Å². The summed E-state index contributed by atoms with van der Waals surface area (Å²) < 4.78 is 91.0. The lowest BCUT2D eigenvalue weighted by Crippen LogP contribution is -2.65. The molecular weight excluding hydrogens is 488 g/mol. The first kappa shape index (κ1) is 29.2. The summed E-state index contributed by atoms with van der Waals surface area (Å²) in [7, 11) is 3.52. The van der Waals surface area contributed by atoms with Crippen LogP contribution in [0.1, 0.15) is 0 Å². The average Bonchev–Trinajstić information content (AvgIpc) is 2.81. The highest BCUT2D eigenvalue weighted by molar-refractivity contribution is 7.80. The van der Waals surface area contributed by atoms with Gasteiger partial charge in [0.05, 0.1) is 6.61 Å². The van der Waals surface area contributed by atoms with Crippen molar-refractivity contribution in [3.8, 4) is 0 Å². The van der Waals surface area contributed by atoms with Crippen molar-refractivity contribution in [1.29, 1.82) is 0 Å². The number of hydrogen-bond donors (Lipinski definition) is 1. The summed E-state index contributed by atoms with van der Waals surface area (Å²) in [6.07, 6.45) is -9.98. The van der Waals surface area contributed by atoms with Gasteiger partial charge in [-0.25, -0.2) is 4.18 Å². The van der Waals surface area contributed by atoms with Gasteiger partial charge in [-0.1, -0.05) is 0 Å². The zero-order chi connectivity index (χ0) is 25.5. The lowest BCUT2D eigenvalue weighted by Gasteiger charge is -2.48. The highest BCUT2D eigenvalue weighted by Gasteiger charge is 2.54. The number of carbonyl (C=O) groups is 1. The Kier molecular flexibility index (Phi) is 11.5. The van der Waals surface area contributed by atoms with Gasteiger partial charge in [0.2, 0.25) is 6.29 Å². The fourth-order valence-electron chi connectivity index (χ4n) is 4.02. The number of rotatable bonds is 13. The summed E-state index contributed by atoms with van der Waals surface area (Å²) in [5.41, 5.74) is 0. The van der Waals surface area contributed by atoms with Crippen molar-refractivity contribution in [2.24, 2.45) is 0 Å². The second kappa shape index (κ2) is 13.3. The van der Waals surface area contributed by atoms with E-state index >= 15 is 0 Å². The van der Waals surface area contributed by atoms with Crippen LogP contribution in [0.15, 0.2) is 0 Å². The van der Waals surface area contributed by atoms with Crippen LogP contribution >= 0.6 is 0 Å². The van der Waals surface area contributed by atoms with Crippen LogP contribution < -0.4 is 0 Å². The van der Waals surface area contributed by atoms with Crippen molar-refractivity contribution < 1.29 is 69.3 Å². The Bertz CT molecular complexity index is 720. The Balaban J connectivity index is 2.36. The standard InChI is InChI=1S/C18H32O15S/c1-23-10-9(7-30-34(20,21)22)31-18(14(27-5)11(10)24-2)32-15-12(25-3)13(26-4)16(28-6)33-17(15)29-8-19/h8-18H,7H2,1-6H3,(H,20,21,22)/t9-,10+,11?,12?,13?,14?,15-,16+,17+,18+/m0/s1. The average molecular weight is 521 g/mol. The Morgan fingerprint density at radius 1 is 0.706 bits per heavy atom. The molecule has 0 aromatic heterocycles. The molecule has 0 aliphatic carbocycles. The fourth-order valence-corrected chi connectivity index (χ4v) is 4.33. The van der Waals surface area contributed by atoms with Crippen molar-refractivity contribution in [1.82, 2.24) is 0 Å². The molecule has 15 nitrogen and oxygen atoms in total. The molecule has 34 heavy (non-hydrogen) atoms. The van der Waals surface area contributed by atoms with E-state index in [4.69, 9.17) is 51.9 Å². The third-order valence-electron chi connectivity index (χ3n) is 5.50. The van der Waals surface area contributed by atoms with E-state index in [2.05, 4.69) is 4.18 Å². The number of carbonyl (C=O) groups excluding carboxylic acids is 1. The van der Waals surface area contributed by atoms with Gasteiger partial charge in [-0.15, -0.1) is 0 Å². The van der Waals surface area contributed by atoms with Crippen LogP contribution in [0.25, 0.3) is 0 Å². The summed E-state index contributed by atoms with van der Waals surface area (Å²) in [5, 5.41) is 0. The van der Waals surface area contributed by atoms with Gasteiger partial charge in [-0.05, 0) is 0 Å². The maximum atomic E-state index is 11.1. The number of ether oxygens (including phenoxy) is 10. The molecule has 2 aliphatic heterocycles. The van der Waals surface area contributed by atoms with Crippen molar-refractivity contribution >= 4 is 16.9 Å². The van der Waals surface area contributed by atoms with Gasteiger partial charge in [0.15, 0.2) is 18.7 Å². The summed E-state index contributed by atoms with van der Waals surface area (Å²) in [5.74, 6) is 0. The molecule has 1 N–H and O–H groups in total.